The fourth-order valence-electron chi connectivity index (χ4n) is 1.99. The maximum absolute atomic E-state index is 13.2. The van der Waals surface area contributed by atoms with E-state index < -0.39 is 12.0 Å². The zero-order valence-electron chi connectivity index (χ0n) is 11.5. The van der Waals surface area contributed by atoms with Gasteiger partial charge in [0.25, 0.3) is 0 Å². The third-order valence-corrected chi connectivity index (χ3v) is 3.44. The molecule has 5 heteroatoms. The van der Waals surface area contributed by atoms with Crippen LogP contribution in [0.2, 0.25) is 5.02 Å². The lowest BCUT2D eigenvalue weighted by Gasteiger charge is -2.17. The monoisotopic (exact) mass is 307 g/mol. The number of nitrogens with one attached hydrogen (secondary N) is 1. The van der Waals surface area contributed by atoms with E-state index in [1.165, 1.54) is 25.3 Å². The van der Waals surface area contributed by atoms with Crippen molar-refractivity contribution in [3.05, 3.63) is 70.5 Å². The number of hydrogen-bond donors (Lipinski definition) is 1. The molecule has 0 aliphatic carbocycles. The molecular formula is C16H15ClFNO2. The third-order valence-electron chi connectivity index (χ3n) is 3.07. The topological polar surface area (TPSA) is 38.3 Å². The highest BCUT2D eigenvalue weighted by Gasteiger charge is 2.20. The molecule has 2 aromatic rings. The van der Waals surface area contributed by atoms with E-state index in [2.05, 4.69) is 5.32 Å². The molecule has 0 amide bonds. The maximum Gasteiger partial charge on any atom is 0.327 e. The lowest BCUT2D eigenvalue weighted by Crippen LogP contribution is -2.29. The molecule has 0 aromatic heterocycles. The van der Waals surface area contributed by atoms with E-state index >= 15 is 0 Å². The summed E-state index contributed by atoms with van der Waals surface area (Å²) in [5.41, 5.74) is 1.36. The van der Waals surface area contributed by atoms with Crippen LogP contribution in [-0.4, -0.2) is 13.1 Å². The van der Waals surface area contributed by atoms with Gasteiger partial charge >= 0.3 is 5.97 Å². The van der Waals surface area contributed by atoms with E-state index in [0.29, 0.717) is 10.6 Å². The Morgan fingerprint density at radius 3 is 2.67 bits per heavy atom. The predicted octanol–water partition coefficient (Wildman–Crippen LogP) is 3.48. The van der Waals surface area contributed by atoms with Crippen LogP contribution in [0.25, 0.3) is 0 Å². The second kappa shape index (κ2) is 7.20. The van der Waals surface area contributed by atoms with Crippen molar-refractivity contribution in [1.82, 2.24) is 5.32 Å². The third kappa shape index (κ3) is 4.03. The van der Waals surface area contributed by atoms with Gasteiger partial charge in [-0.3, -0.25) is 5.32 Å². The number of hydrogen-bond acceptors (Lipinski definition) is 3. The van der Waals surface area contributed by atoms with Gasteiger partial charge in [0.15, 0.2) is 0 Å². The quantitative estimate of drug-likeness (QED) is 0.859. The van der Waals surface area contributed by atoms with Gasteiger partial charge in [-0.05, 0) is 29.3 Å². The number of ether oxygens (including phenoxy) is 1. The van der Waals surface area contributed by atoms with Gasteiger partial charge in [-0.15, -0.1) is 0 Å². The number of benzene rings is 2. The summed E-state index contributed by atoms with van der Waals surface area (Å²) in [7, 11) is 1.33. The summed E-state index contributed by atoms with van der Waals surface area (Å²) < 4.78 is 18.0. The normalized spacial score (nSPS) is 12.0. The van der Waals surface area contributed by atoms with Gasteiger partial charge < -0.3 is 4.74 Å². The second-order valence-corrected chi connectivity index (χ2v) is 4.89. The molecule has 2 aromatic carbocycles. The lowest BCUT2D eigenvalue weighted by atomic mass is 10.1. The van der Waals surface area contributed by atoms with Crippen molar-refractivity contribution in [3.8, 4) is 0 Å². The van der Waals surface area contributed by atoms with Gasteiger partial charge in [0, 0.05) is 11.6 Å². The SMILES string of the molecule is COC(=O)C(NCc1cc(F)ccc1Cl)c1ccccc1. The lowest BCUT2D eigenvalue weighted by molar-refractivity contribution is -0.143. The largest absolute Gasteiger partial charge is 0.468 e. The number of carbonyl (C=O) groups excluding carboxylic acids is 1. The molecule has 1 atom stereocenters. The summed E-state index contributed by atoms with van der Waals surface area (Å²) >= 11 is 6.02. The van der Waals surface area contributed by atoms with Gasteiger partial charge in [-0.1, -0.05) is 41.9 Å². The van der Waals surface area contributed by atoms with Gasteiger partial charge in [0.2, 0.25) is 0 Å². The highest BCUT2D eigenvalue weighted by atomic mass is 35.5. The summed E-state index contributed by atoms with van der Waals surface area (Å²) in [6, 6.07) is 12.7. The van der Waals surface area contributed by atoms with Crippen LogP contribution in [0.3, 0.4) is 0 Å². The van der Waals surface area contributed by atoms with E-state index in [1.807, 2.05) is 30.3 Å². The molecule has 1 unspecified atom stereocenters. The molecule has 110 valence electrons. The first kappa shape index (κ1) is 15.5. The number of halogens is 2. The molecule has 1 N–H and O–H groups in total. The molecule has 0 aliphatic heterocycles. The summed E-state index contributed by atoms with van der Waals surface area (Å²) in [5, 5.41) is 3.49. The zero-order valence-corrected chi connectivity index (χ0v) is 12.2. The Balaban J connectivity index is 2.16. The molecule has 0 fully saturated rings. The van der Waals surface area contributed by atoms with E-state index in [0.717, 1.165) is 5.56 Å². The Bertz CT molecular complexity index is 619. The van der Waals surface area contributed by atoms with E-state index in [9.17, 15) is 9.18 Å². The van der Waals surface area contributed by atoms with Crippen LogP contribution >= 0.6 is 11.6 Å². The van der Waals surface area contributed by atoms with Crippen molar-refractivity contribution in [2.75, 3.05) is 7.11 Å². The van der Waals surface area contributed by atoms with Crippen molar-refractivity contribution < 1.29 is 13.9 Å². The van der Waals surface area contributed by atoms with Crippen LogP contribution in [0, 0.1) is 5.82 Å². The van der Waals surface area contributed by atoms with Crippen molar-refractivity contribution in [3.63, 3.8) is 0 Å². The average Bonchev–Trinajstić information content (AvgIpc) is 2.51. The highest BCUT2D eigenvalue weighted by Crippen LogP contribution is 2.19. The van der Waals surface area contributed by atoms with Gasteiger partial charge in [0.05, 0.1) is 7.11 Å². The fourth-order valence-corrected chi connectivity index (χ4v) is 2.18. The first-order chi connectivity index (χ1) is 10.1. The zero-order chi connectivity index (χ0) is 15.2. The Morgan fingerprint density at radius 2 is 2.00 bits per heavy atom. The van der Waals surface area contributed by atoms with Crippen LogP contribution in [0.1, 0.15) is 17.2 Å². The standard InChI is InChI=1S/C16H15ClFNO2/c1-21-16(20)15(11-5-3-2-4-6-11)19-10-12-9-13(18)7-8-14(12)17/h2-9,15,19H,10H2,1H3. The molecular weight excluding hydrogens is 293 g/mol. The van der Waals surface area contributed by atoms with E-state index in [4.69, 9.17) is 16.3 Å². The summed E-state index contributed by atoms with van der Waals surface area (Å²) in [4.78, 5) is 11.9. The first-order valence-electron chi connectivity index (χ1n) is 6.42. The second-order valence-electron chi connectivity index (χ2n) is 4.48. The molecule has 2 rings (SSSR count). The van der Waals surface area contributed by atoms with Gasteiger partial charge in [0.1, 0.15) is 11.9 Å². The van der Waals surface area contributed by atoms with Crippen LogP contribution < -0.4 is 5.32 Å². The number of rotatable bonds is 5. The minimum atomic E-state index is -0.629. The van der Waals surface area contributed by atoms with Crippen molar-refractivity contribution in [2.24, 2.45) is 0 Å². The highest BCUT2D eigenvalue weighted by molar-refractivity contribution is 6.31. The molecule has 0 bridgehead atoms. The molecule has 0 saturated heterocycles. The Labute approximate surface area is 127 Å². The minimum Gasteiger partial charge on any atom is -0.468 e. The molecule has 21 heavy (non-hydrogen) atoms. The van der Waals surface area contributed by atoms with Crippen LogP contribution in [0.4, 0.5) is 4.39 Å². The Kier molecular flexibility index (Phi) is 5.31. The predicted molar refractivity (Wildman–Crippen MR) is 79.4 cm³/mol. The molecule has 0 spiro atoms. The van der Waals surface area contributed by atoms with Crippen molar-refractivity contribution >= 4 is 17.6 Å². The molecule has 0 saturated carbocycles. The van der Waals surface area contributed by atoms with Crippen molar-refractivity contribution in [1.29, 1.82) is 0 Å². The van der Waals surface area contributed by atoms with Crippen LogP contribution in [0.15, 0.2) is 48.5 Å². The fraction of sp³-hybridized carbons (Fsp3) is 0.188. The van der Waals surface area contributed by atoms with Gasteiger partial charge in [-0.25, -0.2) is 9.18 Å². The number of methoxy groups -OCH3 is 1. The van der Waals surface area contributed by atoms with Crippen LogP contribution in [0.5, 0.6) is 0 Å². The number of carbonyl (C=O) groups is 1. The summed E-state index contributed by atoms with van der Waals surface area (Å²) in [6.07, 6.45) is 0. The minimum absolute atomic E-state index is 0.255. The summed E-state index contributed by atoms with van der Waals surface area (Å²) in [5.74, 6) is -0.778. The average molecular weight is 308 g/mol. The summed E-state index contributed by atoms with van der Waals surface area (Å²) in [6.45, 7) is 0.255. The van der Waals surface area contributed by atoms with Crippen LogP contribution in [-0.2, 0) is 16.1 Å². The molecule has 3 nitrogen and oxygen atoms in total. The van der Waals surface area contributed by atoms with Crippen molar-refractivity contribution in [2.45, 2.75) is 12.6 Å². The van der Waals surface area contributed by atoms with E-state index in [-0.39, 0.29) is 12.4 Å². The Hall–Kier alpha value is -1.91. The molecule has 0 heterocycles. The van der Waals surface area contributed by atoms with Gasteiger partial charge in [-0.2, -0.15) is 0 Å². The first-order valence-corrected chi connectivity index (χ1v) is 6.79. The Morgan fingerprint density at radius 1 is 1.29 bits per heavy atom. The smallest absolute Gasteiger partial charge is 0.327 e. The molecule has 0 radical (unpaired) electrons. The maximum atomic E-state index is 13.2. The molecule has 0 aliphatic rings. The number of esters is 1. The van der Waals surface area contributed by atoms with E-state index in [1.54, 1.807) is 0 Å².